The highest BCUT2D eigenvalue weighted by Crippen LogP contribution is 2.20. The highest BCUT2D eigenvalue weighted by Gasteiger charge is 2.29. The Hall–Kier alpha value is -2.15. The quantitative estimate of drug-likeness (QED) is 0.791. The second-order valence-corrected chi connectivity index (χ2v) is 7.81. The van der Waals surface area contributed by atoms with Crippen LogP contribution in [0.15, 0.2) is 23.6 Å². The number of aryl methyl sites for hydroxylation is 3. The van der Waals surface area contributed by atoms with Crippen LogP contribution in [0.3, 0.4) is 0 Å². The van der Waals surface area contributed by atoms with Gasteiger partial charge in [-0.05, 0) is 50.6 Å². The van der Waals surface area contributed by atoms with Crippen molar-refractivity contribution >= 4 is 23.2 Å². The van der Waals surface area contributed by atoms with Gasteiger partial charge in [-0.2, -0.15) is 5.10 Å². The Balaban J connectivity index is 1.44. The third kappa shape index (κ3) is 4.52. The SMILES string of the molecule is Cc1cc(C)n(CCCNC(=O)C2CCCN(C(=O)c3cccs3)C2)n1. The van der Waals surface area contributed by atoms with Gasteiger partial charge in [-0.25, -0.2) is 0 Å². The second kappa shape index (κ2) is 8.49. The Kier molecular flexibility index (Phi) is 6.08. The summed E-state index contributed by atoms with van der Waals surface area (Å²) in [6.45, 7) is 6.70. The minimum atomic E-state index is -0.110. The van der Waals surface area contributed by atoms with Gasteiger partial charge in [0, 0.05) is 31.9 Å². The molecule has 3 rings (SSSR count). The Bertz CT molecular complexity index is 754. The van der Waals surface area contributed by atoms with E-state index in [9.17, 15) is 9.59 Å². The summed E-state index contributed by atoms with van der Waals surface area (Å²) in [5.74, 6) is -0.00887. The number of thiophene rings is 1. The largest absolute Gasteiger partial charge is 0.356 e. The first kappa shape index (κ1) is 18.6. The number of aromatic nitrogens is 2. The molecule has 1 aliphatic rings. The van der Waals surface area contributed by atoms with Crippen molar-refractivity contribution in [2.24, 2.45) is 5.92 Å². The fourth-order valence-corrected chi connectivity index (χ4v) is 4.11. The molecule has 0 radical (unpaired) electrons. The van der Waals surface area contributed by atoms with E-state index in [4.69, 9.17) is 0 Å². The van der Waals surface area contributed by atoms with Crippen LogP contribution >= 0.6 is 11.3 Å². The summed E-state index contributed by atoms with van der Waals surface area (Å²) >= 11 is 1.45. The van der Waals surface area contributed by atoms with Crippen LogP contribution in [0, 0.1) is 19.8 Å². The van der Waals surface area contributed by atoms with Crippen molar-refractivity contribution in [1.29, 1.82) is 0 Å². The van der Waals surface area contributed by atoms with Gasteiger partial charge in [0.1, 0.15) is 0 Å². The van der Waals surface area contributed by atoms with E-state index in [-0.39, 0.29) is 17.7 Å². The molecule has 1 saturated heterocycles. The highest BCUT2D eigenvalue weighted by atomic mass is 32.1. The van der Waals surface area contributed by atoms with Gasteiger partial charge in [0.15, 0.2) is 0 Å². The van der Waals surface area contributed by atoms with Gasteiger partial charge in [0.25, 0.3) is 5.91 Å². The van der Waals surface area contributed by atoms with Gasteiger partial charge in [0.2, 0.25) is 5.91 Å². The van der Waals surface area contributed by atoms with Gasteiger partial charge in [-0.3, -0.25) is 14.3 Å². The van der Waals surface area contributed by atoms with Crippen LogP contribution in [0.2, 0.25) is 0 Å². The molecule has 6 nitrogen and oxygen atoms in total. The number of nitrogens with zero attached hydrogens (tertiary/aromatic N) is 3. The first-order chi connectivity index (χ1) is 12.5. The predicted molar refractivity (Wildman–Crippen MR) is 102 cm³/mol. The van der Waals surface area contributed by atoms with Crippen molar-refractivity contribution in [2.45, 2.75) is 39.7 Å². The summed E-state index contributed by atoms with van der Waals surface area (Å²) in [5.41, 5.74) is 2.16. The van der Waals surface area contributed by atoms with Crippen LogP contribution in [-0.4, -0.2) is 46.1 Å². The van der Waals surface area contributed by atoms with Crippen molar-refractivity contribution in [2.75, 3.05) is 19.6 Å². The molecule has 140 valence electrons. The van der Waals surface area contributed by atoms with Crippen LogP contribution in [0.5, 0.6) is 0 Å². The number of amides is 2. The lowest BCUT2D eigenvalue weighted by atomic mass is 9.97. The zero-order valence-electron chi connectivity index (χ0n) is 15.4. The molecule has 2 aromatic heterocycles. The Morgan fingerprint density at radius 3 is 2.92 bits per heavy atom. The summed E-state index contributed by atoms with van der Waals surface area (Å²) in [5, 5.41) is 9.37. The summed E-state index contributed by atoms with van der Waals surface area (Å²) in [7, 11) is 0. The number of carbonyl (C=O) groups is 2. The lowest BCUT2D eigenvalue weighted by molar-refractivity contribution is -0.126. The smallest absolute Gasteiger partial charge is 0.263 e. The van der Waals surface area contributed by atoms with Gasteiger partial charge < -0.3 is 10.2 Å². The summed E-state index contributed by atoms with van der Waals surface area (Å²) in [4.78, 5) is 27.5. The van der Waals surface area contributed by atoms with Crippen molar-refractivity contribution < 1.29 is 9.59 Å². The fraction of sp³-hybridized carbons (Fsp3) is 0.526. The monoisotopic (exact) mass is 374 g/mol. The first-order valence-electron chi connectivity index (χ1n) is 9.16. The van der Waals surface area contributed by atoms with Crippen LogP contribution in [-0.2, 0) is 11.3 Å². The van der Waals surface area contributed by atoms with Gasteiger partial charge in [-0.1, -0.05) is 6.07 Å². The maximum absolute atomic E-state index is 12.5. The number of hydrogen-bond acceptors (Lipinski definition) is 4. The first-order valence-corrected chi connectivity index (χ1v) is 10.0. The number of hydrogen-bond donors (Lipinski definition) is 1. The molecule has 0 aliphatic carbocycles. The maximum Gasteiger partial charge on any atom is 0.263 e. The molecule has 0 saturated carbocycles. The Morgan fingerprint density at radius 2 is 2.23 bits per heavy atom. The third-order valence-corrected chi connectivity index (χ3v) is 5.62. The van der Waals surface area contributed by atoms with E-state index in [0.29, 0.717) is 13.1 Å². The molecule has 1 fully saturated rings. The molecule has 1 unspecified atom stereocenters. The lowest BCUT2D eigenvalue weighted by Crippen LogP contribution is -2.45. The molecule has 3 heterocycles. The van der Waals surface area contributed by atoms with Crippen molar-refractivity contribution in [3.05, 3.63) is 39.8 Å². The van der Waals surface area contributed by atoms with E-state index in [1.807, 2.05) is 40.9 Å². The molecule has 2 aromatic rings. The van der Waals surface area contributed by atoms with Crippen molar-refractivity contribution in [3.63, 3.8) is 0 Å². The van der Waals surface area contributed by atoms with E-state index in [0.717, 1.165) is 48.6 Å². The lowest BCUT2D eigenvalue weighted by Gasteiger charge is -2.31. The van der Waals surface area contributed by atoms with Crippen molar-refractivity contribution in [3.8, 4) is 0 Å². The molecule has 0 aromatic carbocycles. The Morgan fingerprint density at radius 1 is 1.38 bits per heavy atom. The molecular weight excluding hydrogens is 348 g/mol. The average molecular weight is 375 g/mol. The number of nitrogens with one attached hydrogen (secondary N) is 1. The highest BCUT2D eigenvalue weighted by molar-refractivity contribution is 7.12. The molecule has 1 N–H and O–H groups in total. The van der Waals surface area contributed by atoms with E-state index in [1.165, 1.54) is 11.3 Å². The predicted octanol–water partition coefficient (Wildman–Crippen LogP) is 2.62. The average Bonchev–Trinajstić information content (AvgIpc) is 3.28. The van der Waals surface area contributed by atoms with E-state index in [2.05, 4.69) is 16.5 Å². The molecule has 1 atom stereocenters. The molecule has 1 aliphatic heterocycles. The second-order valence-electron chi connectivity index (χ2n) is 6.86. The summed E-state index contributed by atoms with van der Waals surface area (Å²) in [6.07, 6.45) is 2.57. The molecule has 26 heavy (non-hydrogen) atoms. The van der Waals surface area contributed by atoms with Gasteiger partial charge >= 0.3 is 0 Å². The summed E-state index contributed by atoms with van der Waals surface area (Å²) in [6, 6.07) is 5.78. The summed E-state index contributed by atoms with van der Waals surface area (Å²) < 4.78 is 1.98. The van der Waals surface area contributed by atoms with Gasteiger partial charge in [0.05, 0.1) is 16.5 Å². The van der Waals surface area contributed by atoms with E-state index < -0.39 is 0 Å². The fourth-order valence-electron chi connectivity index (χ4n) is 3.42. The maximum atomic E-state index is 12.5. The van der Waals surface area contributed by atoms with Crippen LogP contribution in [0.1, 0.15) is 40.3 Å². The van der Waals surface area contributed by atoms with E-state index in [1.54, 1.807) is 0 Å². The van der Waals surface area contributed by atoms with Crippen LogP contribution in [0.4, 0.5) is 0 Å². The minimum Gasteiger partial charge on any atom is -0.356 e. The number of rotatable bonds is 6. The normalized spacial score (nSPS) is 17.3. The van der Waals surface area contributed by atoms with Crippen LogP contribution < -0.4 is 5.32 Å². The topological polar surface area (TPSA) is 67.2 Å². The van der Waals surface area contributed by atoms with Crippen LogP contribution in [0.25, 0.3) is 0 Å². The Labute approximate surface area is 158 Å². The molecule has 0 spiro atoms. The minimum absolute atomic E-state index is 0.0435. The zero-order valence-corrected chi connectivity index (χ0v) is 16.2. The number of carbonyl (C=O) groups excluding carboxylic acids is 2. The zero-order chi connectivity index (χ0) is 18.5. The van der Waals surface area contributed by atoms with Gasteiger partial charge in [-0.15, -0.1) is 11.3 Å². The molecular formula is C19H26N4O2S. The third-order valence-electron chi connectivity index (χ3n) is 4.76. The number of likely N-dealkylation sites (tertiary alicyclic amines) is 1. The van der Waals surface area contributed by atoms with E-state index >= 15 is 0 Å². The molecule has 0 bridgehead atoms. The molecule has 2 amide bonds. The number of piperidine rings is 1. The van der Waals surface area contributed by atoms with Crippen molar-refractivity contribution in [1.82, 2.24) is 20.0 Å². The molecule has 7 heteroatoms. The standard InChI is InChI=1S/C19H26N4O2S/c1-14-12-15(2)23(21-14)10-5-8-20-18(24)16-6-3-9-22(13-16)19(25)17-7-4-11-26-17/h4,7,11-12,16H,3,5-6,8-10,13H2,1-2H3,(H,20,24).